The number of anilines is 1. The lowest BCUT2D eigenvalue weighted by Crippen LogP contribution is -2.25. The monoisotopic (exact) mass is 398 g/mol. The van der Waals surface area contributed by atoms with Crippen LogP contribution in [0.25, 0.3) is 5.69 Å². The van der Waals surface area contributed by atoms with Gasteiger partial charge in [-0.3, -0.25) is 9.58 Å². The van der Waals surface area contributed by atoms with Crippen LogP contribution in [0.1, 0.15) is 5.69 Å². The van der Waals surface area contributed by atoms with E-state index in [0.717, 1.165) is 5.69 Å². The molecule has 3 aromatic rings. The Bertz CT molecular complexity index is 1040. The number of ether oxygens (including phenoxy) is 1. The van der Waals surface area contributed by atoms with Gasteiger partial charge in [-0.1, -0.05) is 0 Å². The van der Waals surface area contributed by atoms with Crippen molar-refractivity contribution in [2.24, 2.45) is 4.99 Å². The fourth-order valence-electron chi connectivity index (χ4n) is 2.98. The minimum atomic E-state index is -0.541. The third kappa shape index (κ3) is 3.68. The predicted molar refractivity (Wildman–Crippen MR) is 102 cm³/mol. The SMILES string of the molecule is O=C1O[C@@H](CN=C=S)CN1c1ccc(-n2cnc(Cn3cccn3)c2)c(F)c1. The number of amides is 1. The van der Waals surface area contributed by atoms with E-state index in [4.69, 9.17) is 4.74 Å². The number of halogens is 1. The summed E-state index contributed by atoms with van der Waals surface area (Å²) in [5.41, 5.74) is 1.49. The van der Waals surface area contributed by atoms with Gasteiger partial charge in [0, 0.05) is 18.6 Å². The molecule has 0 N–H and O–H groups in total. The molecule has 28 heavy (non-hydrogen) atoms. The summed E-state index contributed by atoms with van der Waals surface area (Å²) in [5.74, 6) is -0.478. The number of hydrogen-bond acceptors (Lipinski definition) is 6. The Balaban J connectivity index is 1.51. The summed E-state index contributed by atoms with van der Waals surface area (Å²) in [6, 6.07) is 6.39. The van der Waals surface area contributed by atoms with Crippen molar-refractivity contribution in [3.8, 4) is 5.69 Å². The van der Waals surface area contributed by atoms with E-state index in [1.807, 2.05) is 12.3 Å². The van der Waals surface area contributed by atoms with E-state index >= 15 is 0 Å². The number of benzene rings is 1. The highest BCUT2D eigenvalue weighted by atomic mass is 32.1. The van der Waals surface area contributed by atoms with Gasteiger partial charge in [-0.15, -0.1) is 0 Å². The van der Waals surface area contributed by atoms with Crippen molar-refractivity contribution in [3.05, 3.63) is 60.7 Å². The van der Waals surface area contributed by atoms with Crippen molar-refractivity contribution in [1.82, 2.24) is 19.3 Å². The van der Waals surface area contributed by atoms with Gasteiger partial charge in [0.05, 0.1) is 48.2 Å². The summed E-state index contributed by atoms with van der Waals surface area (Å²) >= 11 is 4.52. The first-order valence-corrected chi connectivity index (χ1v) is 8.87. The van der Waals surface area contributed by atoms with E-state index < -0.39 is 18.0 Å². The number of imidazole rings is 1. The number of aliphatic imine (C=N–C) groups is 1. The van der Waals surface area contributed by atoms with E-state index in [1.54, 1.807) is 40.1 Å². The van der Waals surface area contributed by atoms with Gasteiger partial charge >= 0.3 is 6.09 Å². The first-order valence-electron chi connectivity index (χ1n) is 8.46. The van der Waals surface area contributed by atoms with Crippen LogP contribution < -0.4 is 4.90 Å². The average Bonchev–Trinajstić information content (AvgIpc) is 3.42. The molecular formula is C18H15FN6O2S. The zero-order valence-corrected chi connectivity index (χ0v) is 15.4. The number of cyclic esters (lactones) is 1. The predicted octanol–water partition coefficient (Wildman–Crippen LogP) is 2.68. The van der Waals surface area contributed by atoms with Crippen molar-refractivity contribution in [2.45, 2.75) is 12.6 Å². The summed E-state index contributed by atoms with van der Waals surface area (Å²) < 4.78 is 23.2. The van der Waals surface area contributed by atoms with Crippen LogP contribution in [-0.4, -0.2) is 49.8 Å². The molecule has 0 spiro atoms. The van der Waals surface area contributed by atoms with Crippen LogP contribution in [0.4, 0.5) is 14.9 Å². The van der Waals surface area contributed by atoms with Crippen LogP contribution in [0, 0.1) is 5.82 Å². The number of aromatic nitrogens is 4. The Kier molecular flexibility index (Phi) is 4.96. The molecule has 1 saturated heterocycles. The fourth-order valence-corrected chi connectivity index (χ4v) is 3.05. The molecular weight excluding hydrogens is 383 g/mol. The molecule has 142 valence electrons. The molecule has 1 aliphatic rings. The molecule has 1 atom stereocenters. The molecule has 0 radical (unpaired) electrons. The Labute approximate surface area is 164 Å². The Hall–Kier alpha value is -3.36. The normalized spacial score (nSPS) is 16.1. The molecule has 1 aromatic carbocycles. The molecule has 1 amide bonds. The molecule has 10 heteroatoms. The number of thiocarbonyl (C=S) groups is 1. The molecule has 0 saturated carbocycles. The molecule has 3 heterocycles. The van der Waals surface area contributed by atoms with Gasteiger partial charge in [0.2, 0.25) is 0 Å². The van der Waals surface area contributed by atoms with E-state index in [1.165, 1.54) is 11.0 Å². The zero-order valence-electron chi connectivity index (χ0n) is 14.6. The summed E-state index contributed by atoms with van der Waals surface area (Å²) in [4.78, 5) is 21.5. The Morgan fingerprint density at radius 3 is 3.07 bits per heavy atom. The highest BCUT2D eigenvalue weighted by Crippen LogP contribution is 2.25. The number of carbonyl (C=O) groups is 1. The second kappa shape index (κ2) is 7.71. The van der Waals surface area contributed by atoms with Gasteiger partial charge in [-0.2, -0.15) is 5.10 Å². The average molecular weight is 398 g/mol. The smallest absolute Gasteiger partial charge is 0.414 e. The first-order chi connectivity index (χ1) is 13.6. The molecule has 0 unspecified atom stereocenters. The molecule has 0 aliphatic carbocycles. The van der Waals surface area contributed by atoms with Gasteiger partial charge in [0.15, 0.2) is 0 Å². The van der Waals surface area contributed by atoms with Crippen molar-refractivity contribution < 1.29 is 13.9 Å². The van der Waals surface area contributed by atoms with Crippen molar-refractivity contribution in [2.75, 3.05) is 18.0 Å². The van der Waals surface area contributed by atoms with Gasteiger partial charge in [-0.25, -0.2) is 19.2 Å². The van der Waals surface area contributed by atoms with Crippen LogP contribution >= 0.6 is 12.2 Å². The number of isothiocyanates is 1. The highest BCUT2D eigenvalue weighted by Gasteiger charge is 2.32. The standard InChI is InChI=1S/C18H15FN6O2S/c19-16-6-14(25-10-15(7-20-12-28)27-18(25)26)2-3-17(16)23-8-13(21-11-23)9-24-5-1-4-22-24/h1-6,8,11,15H,7,9-10H2/t15-/m0/s1. The summed E-state index contributed by atoms with van der Waals surface area (Å²) in [6.45, 7) is 1.00. The van der Waals surface area contributed by atoms with Crippen LogP contribution in [0.2, 0.25) is 0 Å². The fraction of sp³-hybridized carbons (Fsp3) is 0.222. The van der Waals surface area contributed by atoms with Crippen molar-refractivity contribution in [3.63, 3.8) is 0 Å². The topological polar surface area (TPSA) is 77.5 Å². The van der Waals surface area contributed by atoms with Gasteiger partial charge in [0.25, 0.3) is 0 Å². The van der Waals surface area contributed by atoms with E-state index in [0.29, 0.717) is 17.9 Å². The minimum absolute atomic E-state index is 0.236. The Morgan fingerprint density at radius 2 is 2.32 bits per heavy atom. The highest BCUT2D eigenvalue weighted by molar-refractivity contribution is 7.78. The first kappa shape index (κ1) is 18.0. The van der Waals surface area contributed by atoms with E-state index in [2.05, 4.69) is 32.5 Å². The maximum absolute atomic E-state index is 14.7. The van der Waals surface area contributed by atoms with Gasteiger partial charge in [0.1, 0.15) is 11.9 Å². The molecule has 2 aromatic heterocycles. The van der Waals surface area contributed by atoms with Gasteiger partial charge in [-0.05, 0) is 36.5 Å². The van der Waals surface area contributed by atoms with E-state index in [9.17, 15) is 9.18 Å². The molecule has 8 nitrogen and oxygen atoms in total. The van der Waals surface area contributed by atoms with Crippen LogP contribution in [0.15, 0.2) is 54.2 Å². The van der Waals surface area contributed by atoms with Gasteiger partial charge < -0.3 is 9.30 Å². The zero-order chi connectivity index (χ0) is 19.5. The molecule has 4 rings (SSSR count). The number of hydrogen-bond donors (Lipinski definition) is 0. The molecule has 1 fully saturated rings. The largest absolute Gasteiger partial charge is 0.442 e. The number of carbonyl (C=O) groups excluding carboxylic acids is 1. The lowest BCUT2D eigenvalue weighted by molar-refractivity contribution is 0.145. The Morgan fingerprint density at radius 1 is 1.43 bits per heavy atom. The maximum Gasteiger partial charge on any atom is 0.414 e. The molecule has 0 bridgehead atoms. The van der Waals surface area contributed by atoms with Crippen LogP contribution in [0.3, 0.4) is 0 Å². The molecule has 1 aliphatic heterocycles. The minimum Gasteiger partial charge on any atom is -0.442 e. The lowest BCUT2D eigenvalue weighted by Gasteiger charge is -2.14. The third-order valence-electron chi connectivity index (χ3n) is 4.27. The maximum atomic E-state index is 14.7. The lowest BCUT2D eigenvalue weighted by atomic mass is 10.2. The van der Waals surface area contributed by atoms with Crippen LogP contribution in [0.5, 0.6) is 0 Å². The van der Waals surface area contributed by atoms with Crippen molar-refractivity contribution in [1.29, 1.82) is 0 Å². The number of nitrogens with zero attached hydrogens (tertiary/aromatic N) is 6. The second-order valence-corrected chi connectivity index (χ2v) is 6.34. The number of rotatable bonds is 6. The summed E-state index contributed by atoms with van der Waals surface area (Å²) in [6.07, 6.45) is 5.83. The van der Waals surface area contributed by atoms with E-state index in [-0.39, 0.29) is 13.1 Å². The summed E-state index contributed by atoms with van der Waals surface area (Å²) in [7, 11) is 0. The summed E-state index contributed by atoms with van der Waals surface area (Å²) in [5, 5.41) is 6.37. The van der Waals surface area contributed by atoms with Crippen LogP contribution in [-0.2, 0) is 11.3 Å². The van der Waals surface area contributed by atoms with Crippen molar-refractivity contribution >= 4 is 29.2 Å². The third-order valence-corrected chi connectivity index (χ3v) is 4.40. The quantitative estimate of drug-likeness (QED) is 0.471. The second-order valence-electron chi connectivity index (χ2n) is 6.16.